The van der Waals surface area contributed by atoms with E-state index >= 15 is 0 Å². The minimum atomic E-state index is -3.44. The molecule has 21 heavy (non-hydrogen) atoms. The third-order valence-electron chi connectivity index (χ3n) is 3.28. The Bertz CT molecular complexity index is 579. The van der Waals surface area contributed by atoms with E-state index in [2.05, 4.69) is 18.5 Å². The predicted octanol–water partition coefficient (Wildman–Crippen LogP) is 2.41. The molecule has 4 nitrogen and oxygen atoms in total. The second-order valence-corrected chi connectivity index (χ2v) is 8.43. The Morgan fingerprint density at radius 3 is 2.52 bits per heavy atom. The van der Waals surface area contributed by atoms with E-state index in [4.69, 9.17) is 0 Å². The lowest BCUT2D eigenvalue weighted by Crippen LogP contribution is -2.30. The monoisotopic (exact) mass is 326 g/mol. The summed E-state index contributed by atoms with van der Waals surface area (Å²) in [7, 11) is -3.44. The van der Waals surface area contributed by atoms with Gasteiger partial charge in [0.05, 0.1) is 0 Å². The molecule has 0 radical (unpaired) electrons. The largest absolute Gasteiger partial charge is 0.314 e. The highest BCUT2D eigenvalue weighted by Gasteiger charge is 2.24. The Morgan fingerprint density at radius 2 is 1.95 bits per heavy atom. The van der Waals surface area contributed by atoms with Crippen molar-refractivity contribution in [2.45, 2.75) is 29.5 Å². The van der Waals surface area contributed by atoms with Crippen LogP contribution in [0.4, 0.5) is 0 Å². The van der Waals surface area contributed by atoms with Gasteiger partial charge < -0.3 is 5.32 Å². The molecule has 0 saturated heterocycles. The maximum atomic E-state index is 12.5. The molecule has 0 aliphatic heterocycles. The summed E-state index contributed by atoms with van der Waals surface area (Å²) in [5, 5.41) is 3.44. The normalized spacial score (nSPS) is 15.3. The van der Waals surface area contributed by atoms with Gasteiger partial charge in [-0.1, -0.05) is 12.2 Å². The van der Waals surface area contributed by atoms with Crippen molar-refractivity contribution in [3.05, 3.63) is 42.3 Å². The molecule has 1 heterocycles. The highest BCUT2D eigenvalue weighted by Crippen LogP contribution is 2.25. The van der Waals surface area contributed by atoms with E-state index in [1.807, 2.05) is 6.07 Å². The number of sulfonamides is 1. The topological polar surface area (TPSA) is 49.4 Å². The molecule has 0 unspecified atom stereocenters. The van der Waals surface area contributed by atoms with Crippen molar-refractivity contribution in [1.82, 2.24) is 9.62 Å². The van der Waals surface area contributed by atoms with Crippen molar-refractivity contribution in [2.24, 2.45) is 0 Å². The minimum Gasteiger partial charge on any atom is -0.314 e. The molecule has 1 aliphatic carbocycles. The molecular formula is C15H22N2O2S2. The molecule has 0 amide bonds. The summed E-state index contributed by atoms with van der Waals surface area (Å²) in [6, 6.07) is 4.29. The first-order valence-corrected chi connectivity index (χ1v) is 9.37. The second kappa shape index (κ2) is 7.35. The fraction of sp³-hybridized carbons (Fsp3) is 0.467. The average molecular weight is 326 g/mol. The van der Waals surface area contributed by atoms with Gasteiger partial charge in [0.25, 0.3) is 10.0 Å². The smallest absolute Gasteiger partial charge is 0.253 e. The van der Waals surface area contributed by atoms with Crippen molar-refractivity contribution < 1.29 is 8.42 Å². The molecule has 1 aromatic rings. The number of nitrogens with one attached hydrogen (secondary N) is 1. The van der Waals surface area contributed by atoms with Crippen LogP contribution >= 0.6 is 11.3 Å². The number of nitrogens with zero attached hydrogens (tertiary/aromatic N) is 1. The zero-order valence-electron chi connectivity index (χ0n) is 12.1. The van der Waals surface area contributed by atoms with Gasteiger partial charge in [0.2, 0.25) is 0 Å². The quantitative estimate of drug-likeness (QED) is 0.672. The Hall–Kier alpha value is -0.950. The van der Waals surface area contributed by atoms with E-state index in [0.29, 0.717) is 23.3 Å². The molecule has 1 saturated carbocycles. The number of thiophene rings is 1. The first-order chi connectivity index (χ1) is 10.1. The fourth-order valence-corrected chi connectivity index (χ4v) is 4.90. The van der Waals surface area contributed by atoms with Crippen molar-refractivity contribution in [3.63, 3.8) is 0 Å². The van der Waals surface area contributed by atoms with Crippen molar-refractivity contribution in [2.75, 3.05) is 19.6 Å². The third-order valence-corrected chi connectivity index (χ3v) is 6.72. The maximum absolute atomic E-state index is 12.5. The van der Waals surface area contributed by atoms with Crippen LogP contribution in [-0.2, 0) is 16.4 Å². The molecule has 1 aliphatic rings. The van der Waals surface area contributed by atoms with Crippen LogP contribution in [0, 0.1) is 0 Å². The van der Waals surface area contributed by atoms with E-state index < -0.39 is 10.0 Å². The average Bonchev–Trinajstić information content (AvgIpc) is 3.14. The molecule has 0 spiro atoms. The van der Waals surface area contributed by atoms with E-state index in [0.717, 1.165) is 17.8 Å². The lowest BCUT2D eigenvalue weighted by Gasteiger charge is -2.17. The lowest BCUT2D eigenvalue weighted by atomic mass is 10.3. The third kappa shape index (κ3) is 4.51. The first kappa shape index (κ1) is 16.4. The fourth-order valence-electron chi connectivity index (χ4n) is 2.00. The summed E-state index contributed by atoms with van der Waals surface area (Å²) < 4.78 is 26.9. The summed E-state index contributed by atoms with van der Waals surface area (Å²) in [5.41, 5.74) is 0. The van der Waals surface area contributed by atoms with Crippen LogP contribution in [0.1, 0.15) is 17.7 Å². The second-order valence-electron chi connectivity index (χ2n) is 5.10. The van der Waals surface area contributed by atoms with Gasteiger partial charge in [-0.2, -0.15) is 4.31 Å². The Balaban J connectivity index is 2.02. The molecule has 1 fully saturated rings. The van der Waals surface area contributed by atoms with Gasteiger partial charge in [-0.3, -0.25) is 0 Å². The van der Waals surface area contributed by atoms with Crippen LogP contribution < -0.4 is 5.32 Å². The Morgan fingerprint density at radius 1 is 1.29 bits per heavy atom. The van der Waals surface area contributed by atoms with Crippen LogP contribution in [0.3, 0.4) is 0 Å². The zero-order chi connectivity index (χ0) is 15.3. The lowest BCUT2D eigenvalue weighted by molar-refractivity contribution is 0.476. The van der Waals surface area contributed by atoms with Gasteiger partial charge in [-0.05, 0) is 31.4 Å². The maximum Gasteiger partial charge on any atom is 0.253 e. The van der Waals surface area contributed by atoms with Crippen molar-refractivity contribution in [1.29, 1.82) is 0 Å². The highest BCUT2D eigenvalue weighted by atomic mass is 32.2. The van der Waals surface area contributed by atoms with Gasteiger partial charge in [-0.15, -0.1) is 24.5 Å². The molecule has 0 atom stereocenters. The molecule has 2 rings (SSSR count). The summed E-state index contributed by atoms with van der Waals surface area (Å²) in [6.07, 6.45) is 6.59. The van der Waals surface area contributed by atoms with Gasteiger partial charge >= 0.3 is 0 Å². The first-order valence-electron chi connectivity index (χ1n) is 7.12. The van der Waals surface area contributed by atoms with E-state index in [1.54, 1.807) is 18.2 Å². The summed E-state index contributed by atoms with van der Waals surface area (Å²) in [4.78, 5) is 1.10. The minimum absolute atomic E-state index is 0.296. The van der Waals surface area contributed by atoms with Gasteiger partial charge in [0.15, 0.2) is 0 Å². The van der Waals surface area contributed by atoms with Crippen LogP contribution in [0.2, 0.25) is 0 Å². The van der Waals surface area contributed by atoms with Crippen LogP contribution in [-0.4, -0.2) is 38.4 Å². The van der Waals surface area contributed by atoms with Crippen LogP contribution in [0.15, 0.2) is 41.7 Å². The Kier molecular flexibility index (Phi) is 5.75. The van der Waals surface area contributed by atoms with Crippen molar-refractivity contribution in [3.8, 4) is 0 Å². The van der Waals surface area contributed by atoms with E-state index in [1.165, 1.54) is 28.5 Å². The Labute approximate surface area is 131 Å². The van der Waals surface area contributed by atoms with E-state index in [-0.39, 0.29) is 0 Å². The standard InChI is InChI=1S/C15H22N2O2S2/c1-3-11-17(12-4-2)21(18,19)15-8-7-14(20-15)9-10-16-13-5-6-13/h3-4,7-8,13,16H,1-2,5-6,9-12H2. The highest BCUT2D eigenvalue weighted by molar-refractivity contribution is 7.91. The molecule has 6 heteroatoms. The van der Waals surface area contributed by atoms with Gasteiger partial charge in [0, 0.05) is 30.6 Å². The molecular weight excluding hydrogens is 304 g/mol. The molecule has 116 valence electrons. The molecule has 1 aromatic heterocycles. The summed E-state index contributed by atoms with van der Waals surface area (Å²) in [5.74, 6) is 0. The molecule has 0 aromatic carbocycles. The number of rotatable bonds is 10. The number of hydrogen-bond acceptors (Lipinski definition) is 4. The van der Waals surface area contributed by atoms with E-state index in [9.17, 15) is 8.42 Å². The van der Waals surface area contributed by atoms with Crippen LogP contribution in [0.25, 0.3) is 0 Å². The molecule has 1 N–H and O–H groups in total. The summed E-state index contributed by atoms with van der Waals surface area (Å²) >= 11 is 1.35. The summed E-state index contributed by atoms with van der Waals surface area (Å²) in [6.45, 7) is 8.73. The predicted molar refractivity (Wildman–Crippen MR) is 88.2 cm³/mol. The van der Waals surface area contributed by atoms with Gasteiger partial charge in [-0.25, -0.2) is 8.42 Å². The zero-order valence-corrected chi connectivity index (χ0v) is 13.8. The van der Waals surface area contributed by atoms with Crippen molar-refractivity contribution >= 4 is 21.4 Å². The van der Waals surface area contributed by atoms with Gasteiger partial charge in [0.1, 0.15) is 4.21 Å². The van der Waals surface area contributed by atoms with Crippen LogP contribution in [0.5, 0.6) is 0 Å². The number of hydrogen-bond donors (Lipinski definition) is 1. The SMILES string of the molecule is C=CCN(CC=C)S(=O)(=O)c1ccc(CCNC2CC2)s1. The molecule has 0 bridgehead atoms.